The fourth-order valence-electron chi connectivity index (χ4n) is 3.48. The molecule has 3 aromatic rings. The predicted octanol–water partition coefficient (Wildman–Crippen LogP) is 4.50. The summed E-state index contributed by atoms with van der Waals surface area (Å²) < 4.78 is 52.5. The molecule has 3 aromatic carbocycles. The van der Waals surface area contributed by atoms with Crippen molar-refractivity contribution in [1.82, 2.24) is 5.32 Å². The zero-order valence-electron chi connectivity index (χ0n) is 19.2. The van der Waals surface area contributed by atoms with Crippen LogP contribution in [0, 0.1) is 5.82 Å². The lowest BCUT2D eigenvalue weighted by Gasteiger charge is -2.25. The number of halogens is 2. The van der Waals surface area contributed by atoms with Gasteiger partial charge >= 0.3 is 0 Å². The van der Waals surface area contributed by atoms with Crippen molar-refractivity contribution in [2.45, 2.75) is 10.6 Å². The highest BCUT2D eigenvalue weighted by molar-refractivity contribution is 7.98. The van der Waals surface area contributed by atoms with Crippen LogP contribution in [0.25, 0.3) is 0 Å². The van der Waals surface area contributed by atoms with E-state index in [9.17, 15) is 17.6 Å². The van der Waals surface area contributed by atoms with E-state index >= 15 is 0 Å². The maximum Gasteiger partial charge on any atom is 0.264 e. The van der Waals surface area contributed by atoms with Crippen LogP contribution < -0.4 is 19.1 Å². The smallest absolute Gasteiger partial charge is 0.264 e. The van der Waals surface area contributed by atoms with E-state index in [-0.39, 0.29) is 10.6 Å². The molecule has 11 heteroatoms. The van der Waals surface area contributed by atoms with Gasteiger partial charge in [0, 0.05) is 29.1 Å². The van der Waals surface area contributed by atoms with E-state index in [0.717, 1.165) is 22.0 Å². The number of thioether (sulfide) groups is 1. The van der Waals surface area contributed by atoms with Gasteiger partial charge in [0.05, 0.1) is 10.6 Å². The summed E-state index contributed by atoms with van der Waals surface area (Å²) in [6.07, 6.45) is 0. The van der Waals surface area contributed by atoms with Crippen molar-refractivity contribution in [1.29, 1.82) is 0 Å². The Bertz CT molecular complexity index is 1320. The molecule has 0 saturated heterocycles. The quantitative estimate of drug-likeness (QED) is 0.374. The molecule has 1 N–H and O–H groups in total. The zero-order chi connectivity index (χ0) is 25.5. The largest absolute Gasteiger partial charge is 0.486 e. The molecule has 7 nitrogen and oxygen atoms in total. The third-order valence-electron chi connectivity index (χ3n) is 5.29. The van der Waals surface area contributed by atoms with Gasteiger partial charge in [-0.15, -0.1) is 0 Å². The Morgan fingerprint density at radius 1 is 1.03 bits per heavy atom. The van der Waals surface area contributed by atoms with Crippen molar-refractivity contribution < 1.29 is 27.1 Å². The molecule has 0 radical (unpaired) electrons. The molecular formula is C25H24ClFN2O5S2. The number of hydrogen-bond donors (Lipinski definition) is 1. The van der Waals surface area contributed by atoms with E-state index in [2.05, 4.69) is 5.32 Å². The number of carbonyl (C=O) groups excluding carboxylic acids is 1. The van der Waals surface area contributed by atoms with Crippen molar-refractivity contribution in [3.8, 4) is 11.5 Å². The average Bonchev–Trinajstić information content (AvgIpc) is 2.88. The van der Waals surface area contributed by atoms with Gasteiger partial charge in [0.2, 0.25) is 5.91 Å². The minimum atomic E-state index is -4.18. The van der Waals surface area contributed by atoms with Crippen LogP contribution in [0.4, 0.5) is 10.1 Å². The molecule has 0 fully saturated rings. The topological polar surface area (TPSA) is 84.9 Å². The number of fused-ring (bicyclic) bond motifs is 1. The average molecular weight is 551 g/mol. The van der Waals surface area contributed by atoms with Gasteiger partial charge in [0.15, 0.2) is 11.5 Å². The zero-order valence-corrected chi connectivity index (χ0v) is 21.5. The van der Waals surface area contributed by atoms with Crippen molar-refractivity contribution in [2.75, 3.05) is 36.4 Å². The van der Waals surface area contributed by atoms with E-state index < -0.39 is 28.3 Å². The van der Waals surface area contributed by atoms with Gasteiger partial charge in [-0.25, -0.2) is 12.8 Å². The molecule has 0 spiro atoms. The van der Waals surface area contributed by atoms with Crippen LogP contribution >= 0.6 is 23.4 Å². The summed E-state index contributed by atoms with van der Waals surface area (Å²) in [5, 5.41) is 3.44. The highest BCUT2D eigenvalue weighted by Gasteiger charge is 2.29. The Balaban J connectivity index is 1.44. The Kier molecular flexibility index (Phi) is 8.60. The Hall–Kier alpha value is -2.95. The van der Waals surface area contributed by atoms with Crippen molar-refractivity contribution in [3.63, 3.8) is 0 Å². The van der Waals surface area contributed by atoms with Crippen molar-refractivity contribution >= 4 is 45.0 Å². The third-order valence-corrected chi connectivity index (χ3v) is 8.43. The summed E-state index contributed by atoms with van der Waals surface area (Å²) in [5.74, 6) is 1.05. The summed E-state index contributed by atoms with van der Waals surface area (Å²) >= 11 is 7.76. The van der Waals surface area contributed by atoms with Crippen LogP contribution in [0.15, 0.2) is 71.6 Å². The van der Waals surface area contributed by atoms with Gasteiger partial charge in [0.1, 0.15) is 25.6 Å². The first-order valence-electron chi connectivity index (χ1n) is 11.1. The number of carbonyl (C=O) groups is 1. The molecule has 0 aromatic heterocycles. The molecule has 4 rings (SSSR count). The second-order valence-corrected chi connectivity index (χ2v) is 11.2. The lowest BCUT2D eigenvalue weighted by Crippen LogP contribution is -2.41. The molecule has 0 atom stereocenters. The van der Waals surface area contributed by atoms with Gasteiger partial charge in [-0.3, -0.25) is 9.10 Å². The standard InChI is InChI=1S/C25H24ClFN2O5S2/c26-22-4-2-1-3-18(22)17-35-14-11-28-25(30)16-29(20-7-5-19(27)6-8-20)36(31,32)21-9-10-23-24(15-21)34-13-12-33-23/h1-10,15H,11-14,16-17H2,(H,28,30). The molecule has 1 amide bonds. The number of rotatable bonds is 10. The summed E-state index contributed by atoms with van der Waals surface area (Å²) in [7, 11) is -4.18. The van der Waals surface area contributed by atoms with Crippen LogP contribution in [0.3, 0.4) is 0 Å². The lowest BCUT2D eigenvalue weighted by atomic mass is 10.2. The molecule has 0 unspecified atom stereocenters. The molecule has 0 bridgehead atoms. The third kappa shape index (κ3) is 6.43. The highest BCUT2D eigenvalue weighted by atomic mass is 35.5. The van der Waals surface area contributed by atoms with Crippen LogP contribution in [0.2, 0.25) is 5.02 Å². The van der Waals surface area contributed by atoms with Crippen LogP contribution in [0.1, 0.15) is 5.56 Å². The highest BCUT2D eigenvalue weighted by Crippen LogP contribution is 2.34. The lowest BCUT2D eigenvalue weighted by molar-refractivity contribution is -0.119. The monoisotopic (exact) mass is 550 g/mol. The summed E-state index contributed by atoms with van der Waals surface area (Å²) in [6, 6.07) is 16.7. The second kappa shape index (κ2) is 11.9. The second-order valence-electron chi connectivity index (χ2n) is 7.79. The molecular weight excluding hydrogens is 527 g/mol. The molecule has 36 heavy (non-hydrogen) atoms. The predicted molar refractivity (Wildman–Crippen MR) is 139 cm³/mol. The van der Waals surface area contributed by atoms with E-state index in [4.69, 9.17) is 21.1 Å². The van der Waals surface area contributed by atoms with Gasteiger partial charge in [0.25, 0.3) is 10.0 Å². The van der Waals surface area contributed by atoms with Crippen LogP contribution in [-0.4, -0.2) is 46.4 Å². The number of ether oxygens (including phenoxy) is 2. The molecule has 1 aliphatic rings. The Labute approximate surface area is 218 Å². The summed E-state index contributed by atoms with van der Waals surface area (Å²) in [4.78, 5) is 12.7. The number of nitrogens with one attached hydrogen (secondary N) is 1. The molecule has 0 aliphatic carbocycles. The maximum atomic E-state index is 13.5. The molecule has 1 aliphatic heterocycles. The first-order valence-corrected chi connectivity index (χ1v) is 14.1. The number of hydrogen-bond acceptors (Lipinski definition) is 6. The number of amides is 1. The normalized spacial score (nSPS) is 12.7. The molecule has 0 saturated carbocycles. The van der Waals surface area contributed by atoms with Gasteiger partial charge < -0.3 is 14.8 Å². The van der Waals surface area contributed by atoms with Gasteiger partial charge in [-0.2, -0.15) is 11.8 Å². The minimum Gasteiger partial charge on any atom is -0.486 e. The summed E-state index contributed by atoms with van der Waals surface area (Å²) in [6.45, 7) is 0.541. The van der Waals surface area contributed by atoms with E-state index in [0.29, 0.717) is 47.8 Å². The van der Waals surface area contributed by atoms with Crippen molar-refractivity contribution in [2.24, 2.45) is 0 Å². The SMILES string of the molecule is O=C(CN(c1ccc(F)cc1)S(=O)(=O)c1ccc2c(c1)OCCO2)NCCSCc1ccccc1Cl. The number of sulfonamides is 1. The number of anilines is 1. The Morgan fingerprint density at radius 2 is 1.75 bits per heavy atom. The number of benzene rings is 3. The van der Waals surface area contributed by atoms with Crippen molar-refractivity contribution in [3.05, 3.63) is 83.1 Å². The molecule has 1 heterocycles. The van der Waals surface area contributed by atoms with Crippen LogP contribution in [0.5, 0.6) is 11.5 Å². The minimum absolute atomic E-state index is 0.0702. The van der Waals surface area contributed by atoms with Crippen LogP contribution in [-0.2, 0) is 20.6 Å². The first-order chi connectivity index (χ1) is 17.3. The first kappa shape index (κ1) is 26.1. The van der Waals surface area contributed by atoms with E-state index in [1.165, 1.54) is 30.3 Å². The molecule has 190 valence electrons. The van der Waals surface area contributed by atoms with E-state index in [1.54, 1.807) is 11.8 Å². The van der Waals surface area contributed by atoms with Gasteiger partial charge in [-0.05, 0) is 48.0 Å². The maximum absolute atomic E-state index is 13.5. The van der Waals surface area contributed by atoms with Gasteiger partial charge in [-0.1, -0.05) is 29.8 Å². The number of nitrogens with zero attached hydrogens (tertiary/aromatic N) is 1. The van der Waals surface area contributed by atoms with E-state index in [1.807, 2.05) is 24.3 Å². The fourth-order valence-corrected chi connectivity index (χ4v) is 6.06. The summed E-state index contributed by atoms with van der Waals surface area (Å²) in [5.41, 5.74) is 1.16. The fraction of sp³-hybridized carbons (Fsp3) is 0.240. The Morgan fingerprint density at radius 3 is 2.50 bits per heavy atom.